The number of nitrogens with one attached hydrogen (secondary N) is 2. The summed E-state index contributed by atoms with van der Waals surface area (Å²) in [7, 11) is 0. The van der Waals surface area contributed by atoms with Crippen LogP contribution in [-0.2, 0) is 6.42 Å². The van der Waals surface area contributed by atoms with Crippen molar-refractivity contribution < 1.29 is 0 Å². The lowest BCUT2D eigenvalue weighted by Gasteiger charge is -2.22. The van der Waals surface area contributed by atoms with Gasteiger partial charge in [0.15, 0.2) is 0 Å². The van der Waals surface area contributed by atoms with Gasteiger partial charge >= 0.3 is 0 Å². The molecule has 0 saturated heterocycles. The van der Waals surface area contributed by atoms with Crippen molar-refractivity contribution in [3.05, 3.63) is 18.2 Å². The van der Waals surface area contributed by atoms with Gasteiger partial charge in [-0.2, -0.15) is 0 Å². The molecule has 3 atom stereocenters. The first-order chi connectivity index (χ1) is 7.42. The zero-order chi connectivity index (χ0) is 10.1. The smallest absolute Gasteiger partial charge is 0.107 e. The van der Waals surface area contributed by atoms with Crippen LogP contribution in [-0.4, -0.2) is 22.6 Å². The molecule has 2 N–H and O–H groups in total. The van der Waals surface area contributed by atoms with E-state index in [0.717, 1.165) is 36.7 Å². The van der Waals surface area contributed by atoms with Crippen LogP contribution in [0.5, 0.6) is 0 Å². The number of rotatable bonds is 4. The monoisotopic (exact) mass is 205 g/mol. The van der Waals surface area contributed by atoms with E-state index in [1.54, 1.807) is 0 Å². The Balaban J connectivity index is 1.43. The van der Waals surface area contributed by atoms with Gasteiger partial charge in [-0.05, 0) is 31.1 Å². The predicted molar refractivity (Wildman–Crippen MR) is 59.5 cm³/mol. The zero-order valence-corrected chi connectivity index (χ0v) is 9.08. The molecule has 1 heterocycles. The van der Waals surface area contributed by atoms with Crippen molar-refractivity contribution in [3.8, 4) is 0 Å². The van der Waals surface area contributed by atoms with Gasteiger partial charge in [0.2, 0.25) is 0 Å². The molecule has 2 saturated carbocycles. The molecule has 3 unspecified atom stereocenters. The van der Waals surface area contributed by atoms with E-state index in [1.165, 1.54) is 25.7 Å². The molecule has 3 heteroatoms. The topological polar surface area (TPSA) is 40.7 Å². The van der Waals surface area contributed by atoms with Crippen LogP contribution in [0.2, 0.25) is 0 Å². The number of hydrogen-bond donors (Lipinski definition) is 2. The van der Waals surface area contributed by atoms with Crippen LogP contribution < -0.4 is 5.32 Å². The Morgan fingerprint density at radius 1 is 1.40 bits per heavy atom. The lowest BCUT2D eigenvalue weighted by molar-refractivity contribution is 0.353. The molecule has 0 radical (unpaired) electrons. The Morgan fingerprint density at radius 2 is 2.40 bits per heavy atom. The van der Waals surface area contributed by atoms with Crippen LogP contribution in [0.15, 0.2) is 12.4 Å². The fourth-order valence-electron chi connectivity index (χ4n) is 3.31. The van der Waals surface area contributed by atoms with E-state index in [2.05, 4.69) is 15.3 Å². The molecule has 0 aliphatic heterocycles. The van der Waals surface area contributed by atoms with E-state index in [4.69, 9.17) is 0 Å². The van der Waals surface area contributed by atoms with Gasteiger partial charge in [-0.25, -0.2) is 4.98 Å². The molecule has 2 bridgehead atoms. The Morgan fingerprint density at radius 3 is 3.07 bits per heavy atom. The number of nitrogens with zero attached hydrogens (tertiary/aromatic N) is 1. The maximum atomic E-state index is 4.23. The summed E-state index contributed by atoms with van der Waals surface area (Å²) < 4.78 is 0. The molecule has 0 spiro atoms. The van der Waals surface area contributed by atoms with E-state index in [-0.39, 0.29) is 0 Å². The van der Waals surface area contributed by atoms with Gasteiger partial charge in [0.1, 0.15) is 5.82 Å². The normalized spacial score (nSPS) is 33.7. The fourth-order valence-corrected chi connectivity index (χ4v) is 3.31. The van der Waals surface area contributed by atoms with Crippen molar-refractivity contribution in [2.45, 2.75) is 38.1 Å². The van der Waals surface area contributed by atoms with E-state index in [9.17, 15) is 0 Å². The third-order valence-electron chi connectivity index (χ3n) is 4.06. The molecular formula is C12H19N3. The minimum atomic E-state index is 0.804. The summed E-state index contributed by atoms with van der Waals surface area (Å²) in [6.07, 6.45) is 10.6. The summed E-state index contributed by atoms with van der Waals surface area (Å²) in [5, 5.41) is 3.69. The first kappa shape index (κ1) is 9.40. The number of hydrogen-bond acceptors (Lipinski definition) is 2. The first-order valence-electron chi connectivity index (χ1n) is 6.13. The molecule has 3 rings (SSSR count). The Labute approximate surface area is 90.7 Å². The van der Waals surface area contributed by atoms with Gasteiger partial charge in [-0.1, -0.05) is 6.42 Å². The molecule has 2 fully saturated rings. The zero-order valence-electron chi connectivity index (χ0n) is 9.08. The molecular weight excluding hydrogens is 186 g/mol. The van der Waals surface area contributed by atoms with Crippen LogP contribution in [0, 0.1) is 11.8 Å². The van der Waals surface area contributed by atoms with Crippen LogP contribution in [0.4, 0.5) is 0 Å². The van der Waals surface area contributed by atoms with E-state index in [1.807, 2.05) is 12.4 Å². The van der Waals surface area contributed by atoms with Gasteiger partial charge in [0, 0.05) is 31.4 Å². The van der Waals surface area contributed by atoms with E-state index in [0.29, 0.717) is 0 Å². The van der Waals surface area contributed by atoms with Crippen molar-refractivity contribution in [3.63, 3.8) is 0 Å². The molecule has 0 amide bonds. The standard InChI is InChI=1S/C12H19N3/c1-2-10-7-9(1)8-11(10)13-4-3-12-14-5-6-15-12/h5-6,9-11,13H,1-4,7-8H2,(H,14,15). The minimum Gasteiger partial charge on any atom is -0.349 e. The Bertz CT molecular complexity index is 307. The molecule has 15 heavy (non-hydrogen) atoms. The first-order valence-corrected chi connectivity index (χ1v) is 6.13. The molecule has 2 aliphatic rings. The molecule has 3 nitrogen and oxygen atoms in total. The highest BCUT2D eigenvalue weighted by Crippen LogP contribution is 2.44. The number of aromatic amines is 1. The van der Waals surface area contributed by atoms with Crippen LogP contribution in [0.3, 0.4) is 0 Å². The predicted octanol–water partition coefficient (Wildman–Crippen LogP) is 1.73. The van der Waals surface area contributed by atoms with Crippen molar-refractivity contribution in [2.75, 3.05) is 6.54 Å². The van der Waals surface area contributed by atoms with Crippen LogP contribution in [0.25, 0.3) is 0 Å². The van der Waals surface area contributed by atoms with Crippen LogP contribution >= 0.6 is 0 Å². The highest BCUT2D eigenvalue weighted by molar-refractivity contribution is 4.95. The van der Waals surface area contributed by atoms with Crippen molar-refractivity contribution >= 4 is 0 Å². The molecule has 2 aliphatic carbocycles. The maximum Gasteiger partial charge on any atom is 0.107 e. The molecule has 1 aromatic rings. The lowest BCUT2D eigenvalue weighted by atomic mass is 9.95. The summed E-state index contributed by atoms with van der Waals surface area (Å²) in [6.45, 7) is 1.07. The molecule has 0 aromatic carbocycles. The Hall–Kier alpha value is -0.830. The van der Waals surface area contributed by atoms with E-state index >= 15 is 0 Å². The third-order valence-corrected chi connectivity index (χ3v) is 4.06. The minimum absolute atomic E-state index is 0.804. The van der Waals surface area contributed by atoms with Gasteiger partial charge in [-0.15, -0.1) is 0 Å². The molecule has 82 valence electrons. The molecule has 1 aromatic heterocycles. The maximum absolute atomic E-state index is 4.23. The van der Waals surface area contributed by atoms with Gasteiger partial charge in [0.05, 0.1) is 0 Å². The Kier molecular flexibility index (Phi) is 2.49. The average molecular weight is 205 g/mol. The second-order valence-corrected chi connectivity index (χ2v) is 5.02. The average Bonchev–Trinajstić information content (AvgIpc) is 2.93. The van der Waals surface area contributed by atoms with Crippen molar-refractivity contribution in [1.82, 2.24) is 15.3 Å². The number of H-pyrrole nitrogens is 1. The summed E-state index contributed by atoms with van der Waals surface area (Å²) in [4.78, 5) is 7.38. The second kappa shape index (κ2) is 3.97. The summed E-state index contributed by atoms with van der Waals surface area (Å²) >= 11 is 0. The van der Waals surface area contributed by atoms with Gasteiger partial charge < -0.3 is 10.3 Å². The number of imidazole rings is 1. The largest absolute Gasteiger partial charge is 0.349 e. The number of fused-ring (bicyclic) bond motifs is 2. The quantitative estimate of drug-likeness (QED) is 0.786. The number of aromatic nitrogens is 2. The van der Waals surface area contributed by atoms with Gasteiger partial charge in [-0.3, -0.25) is 0 Å². The SMILES string of the molecule is c1c[nH]c(CCNC2CC3CCC2C3)n1. The van der Waals surface area contributed by atoms with Crippen LogP contribution in [0.1, 0.15) is 31.5 Å². The fraction of sp³-hybridized carbons (Fsp3) is 0.750. The van der Waals surface area contributed by atoms with E-state index < -0.39 is 0 Å². The van der Waals surface area contributed by atoms with Crippen molar-refractivity contribution in [2.24, 2.45) is 11.8 Å². The highest BCUT2D eigenvalue weighted by Gasteiger charge is 2.38. The van der Waals surface area contributed by atoms with Gasteiger partial charge in [0.25, 0.3) is 0 Å². The third kappa shape index (κ3) is 1.93. The second-order valence-electron chi connectivity index (χ2n) is 5.02. The highest BCUT2D eigenvalue weighted by atomic mass is 15.0. The lowest BCUT2D eigenvalue weighted by Crippen LogP contribution is -2.35. The summed E-state index contributed by atoms with van der Waals surface area (Å²) in [5.74, 6) is 3.12. The summed E-state index contributed by atoms with van der Waals surface area (Å²) in [6, 6.07) is 0.804. The van der Waals surface area contributed by atoms with Crippen molar-refractivity contribution in [1.29, 1.82) is 0 Å². The summed E-state index contributed by atoms with van der Waals surface area (Å²) in [5.41, 5.74) is 0.